The highest BCUT2D eigenvalue weighted by molar-refractivity contribution is 5.81. The van der Waals surface area contributed by atoms with Crippen molar-refractivity contribution in [2.45, 2.75) is 33.5 Å². The fourth-order valence-corrected chi connectivity index (χ4v) is 3.54. The van der Waals surface area contributed by atoms with Gasteiger partial charge in [0.25, 0.3) is 0 Å². The van der Waals surface area contributed by atoms with Gasteiger partial charge in [0, 0.05) is 19.6 Å². The average Bonchev–Trinajstić information content (AvgIpc) is 3.02. The first-order chi connectivity index (χ1) is 14.0. The first-order valence-electron chi connectivity index (χ1n) is 9.70. The van der Waals surface area contributed by atoms with Gasteiger partial charge in [-0.1, -0.05) is 18.2 Å². The summed E-state index contributed by atoms with van der Waals surface area (Å²) in [4.78, 5) is 27.6. The Kier molecular flexibility index (Phi) is 6.26. The molecule has 0 spiro atoms. The van der Waals surface area contributed by atoms with E-state index in [0.29, 0.717) is 31.1 Å². The van der Waals surface area contributed by atoms with Gasteiger partial charge >= 0.3 is 5.69 Å². The topological polar surface area (TPSA) is 65.7 Å². The number of carbonyl (C=O) groups is 1. The van der Waals surface area contributed by atoms with Gasteiger partial charge in [-0.15, -0.1) is 0 Å². The van der Waals surface area contributed by atoms with Crippen molar-refractivity contribution in [2.75, 3.05) is 20.8 Å². The maximum Gasteiger partial charge on any atom is 0.329 e. The predicted molar refractivity (Wildman–Crippen MR) is 113 cm³/mol. The standard InChI is InChI=1S/C22H27N3O4/c1-5-23(14-16-11-12-19(28-3)20(13-16)29-4)21(26)15-25-18-10-8-7-9-17(18)24(6-2)22(25)27/h7-13H,5-6,14-15H2,1-4H3. The molecular weight excluding hydrogens is 370 g/mol. The molecule has 29 heavy (non-hydrogen) atoms. The van der Waals surface area contributed by atoms with Gasteiger partial charge in [-0.3, -0.25) is 13.9 Å². The van der Waals surface area contributed by atoms with E-state index < -0.39 is 0 Å². The maximum absolute atomic E-state index is 13.0. The number of aryl methyl sites for hydroxylation is 1. The smallest absolute Gasteiger partial charge is 0.329 e. The molecule has 1 amide bonds. The SMILES string of the molecule is CCN(Cc1ccc(OC)c(OC)c1)C(=O)Cn1c(=O)n(CC)c2ccccc21. The van der Waals surface area contributed by atoms with Gasteiger partial charge in [0.05, 0.1) is 25.3 Å². The van der Waals surface area contributed by atoms with E-state index in [1.165, 1.54) is 0 Å². The van der Waals surface area contributed by atoms with Gasteiger partial charge < -0.3 is 14.4 Å². The van der Waals surface area contributed by atoms with Crippen molar-refractivity contribution in [2.24, 2.45) is 0 Å². The molecule has 0 N–H and O–H groups in total. The molecule has 3 rings (SSSR count). The zero-order valence-electron chi connectivity index (χ0n) is 17.3. The van der Waals surface area contributed by atoms with Crippen molar-refractivity contribution in [3.63, 3.8) is 0 Å². The van der Waals surface area contributed by atoms with Crippen LogP contribution in [0.2, 0.25) is 0 Å². The van der Waals surface area contributed by atoms with Crippen LogP contribution in [0.5, 0.6) is 11.5 Å². The summed E-state index contributed by atoms with van der Waals surface area (Å²) in [6, 6.07) is 13.2. The summed E-state index contributed by atoms with van der Waals surface area (Å²) < 4.78 is 13.9. The van der Waals surface area contributed by atoms with E-state index in [0.717, 1.165) is 16.6 Å². The van der Waals surface area contributed by atoms with Crippen LogP contribution in [0.4, 0.5) is 0 Å². The molecule has 1 aromatic heterocycles. The van der Waals surface area contributed by atoms with E-state index in [1.54, 1.807) is 28.3 Å². The number of fused-ring (bicyclic) bond motifs is 1. The lowest BCUT2D eigenvalue weighted by Gasteiger charge is -2.22. The molecule has 0 fully saturated rings. The molecule has 0 radical (unpaired) electrons. The number of likely N-dealkylation sites (N-methyl/N-ethyl adjacent to an activating group) is 1. The van der Waals surface area contributed by atoms with Crippen LogP contribution in [0.25, 0.3) is 11.0 Å². The molecule has 0 atom stereocenters. The number of methoxy groups -OCH3 is 2. The second-order valence-electron chi connectivity index (χ2n) is 6.70. The Balaban J connectivity index is 1.85. The molecule has 1 heterocycles. The second-order valence-corrected chi connectivity index (χ2v) is 6.70. The van der Waals surface area contributed by atoms with Crippen molar-refractivity contribution in [3.05, 3.63) is 58.5 Å². The lowest BCUT2D eigenvalue weighted by molar-refractivity contribution is -0.132. The third-order valence-corrected chi connectivity index (χ3v) is 5.09. The molecular formula is C22H27N3O4. The van der Waals surface area contributed by atoms with Gasteiger partial charge in [0.15, 0.2) is 11.5 Å². The fraction of sp³-hybridized carbons (Fsp3) is 0.364. The molecule has 0 aliphatic heterocycles. The highest BCUT2D eigenvalue weighted by Crippen LogP contribution is 2.28. The van der Waals surface area contributed by atoms with Crippen LogP contribution in [-0.2, 0) is 24.4 Å². The summed E-state index contributed by atoms with van der Waals surface area (Å²) in [6.45, 7) is 5.38. The number of para-hydroxylation sites is 2. The Morgan fingerprint density at radius 1 is 0.966 bits per heavy atom. The number of imidazole rings is 1. The zero-order valence-corrected chi connectivity index (χ0v) is 17.3. The van der Waals surface area contributed by atoms with Crippen LogP contribution in [-0.4, -0.2) is 40.7 Å². The Morgan fingerprint density at radius 3 is 2.21 bits per heavy atom. The largest absolute Gasteiger partial charge is 0.493 e. The number of amides is 1. The molecule has 0 saturated carbocycles. The molecule has 7 nitrogen and oxygen atoms in total. The molecule has 0 bridgehead atoms. The van der Waals surface area contributed by atoms with E-state index in [4.69, 9.17) is 9.47 Å². The van der Waals surface area contributed by atoms with Crippen LogP contribution >= 0.6 is 0 Å². The quantitative estimate of drug-likeness (QED) is 0.586. The monoisotopic (exact) mass is 397 g/mol. The highest BCUT2D eigenvalue weighted by Gasteiger charge is 2.18. The van der Waals surface area contributed by atoms with Crippen molar-refractivity contribution in [3.8, 4) is 11.5 Å². The molecule has 154 valence electrons. The molecule has 2 aromatic carbocycles. The van der Waals surface area contributed by atoms with Crippen LogP contribution in [0.1, 0.15) is 19.4 Å². The first-order valence-corrected chi connectivity index (χ1v) is 9.70. The van der Waals surface area contributed by atoms with Crippen molar-refractivity contribution in [1.82, 2.24) is 14.0 Å². The lowest BCUT2D eigenvalue weighted by atomic mass is 10.2. The minimum absolute atomic E-state index is 0.00742. The van der Waals surface area contributed by atoms with E-state index in [9.17, 15) is 9.59 Å². The number of benzene rings is 2. The summed E-state index contributed by atoms with van der Waals surface area (Å²) in [5.74, 6) is 1.16. The van der Waals surface area contributed by atoms with Gasteiger partial charge in [-0.05, 0) is 43.7 Å². The fourth-order valence-electron chi connectivity index (χ4n) is 3.54. The number of nitrogens with zero attached hydrogens (tertiary/aromatic N) is 3. The Hall–Kier alpha value is -3.22. The summed E-state index contributed by atoms with van der Waals surface area (Å²) in [6.07, 6.45) is 0. The Labute approximate surface area is 170 Å². The number of hydrogen-bond acceptors (Lipinski definition) is 4. The van der Waals surface area contributed by atoms with Crippen molar-refractivity contribution < 1.29 is 14.3 Å². The molecule has 7 heteroatoms. The third-order valence-electron chi connectivity index (χ3n) is 5.09. The predicted octanol–water partition coefficient (Wildman–Crippen LogP) is 2.89. The lowest BCUT2D eigenvalue weighted by Crippen LogP contribution is -2.36. The summed E-state index contributed by atoms with van der Waals surface area (Å²) in [5, 5.41) is 0. The number of carbonyl (C=O) groups excluding carboxylic acids is 1. The van der Waals surface area contributed by atoms with Crippen molar-refractivity contribution >= 4 is 16.9 Å². The van der Waals surface area contributed by atoms with Gasteiger partial charge in [0.1, 0.15) is 6.54 Å². The van der Waals surface area contributed by atoms with Crippen molar-refractivity contribution in [1.29, 1.82) is 0 Å². The van der Waals surface area contributed by atoms with Crippen LogP contribution in [0.3, 0.4) is 0 Å². The number of hydrogen-bond donors (Lipinski definition) is 0. The summed E-state index contributed by atoms with van der Waals surface area (Å²) in [5.41, 5.74) is 2.39. The Bertz CT molecular complexity index is 1070. The van der Waals surface area contributed by atoms with E-state index >= 15 is 0 Å². The number of rotatable bonds is 8. The highest BCUT2D eigenvalue weighted by atomic mass is 16.5. The third kappa shape index (κ3) is 3.99. The van der Waals surface area contributed by atoms with E-state index in [1.807, 2.05) is 56.3 Å². The van der Waals surface area contributed by atoms with E-state index in [2.05, 4.69) is 0 Å². The molecule has 0 unspecified atom stereocenters. The maximum atomic E-state index is 13.0. The zero-order chi connectivity index (χ0) is 21.0. The normalized spacial score (nSPS) is 10.9. The average molecular weight is 397 g/mol. The summed E-state index contributed by atoms with van der Waals surface area (Å²) in [7, 11) is 3.17. The summed E-state index contributed by atoms with van der Waals surface area (Å²) >= 11 is 0. The molecule has 3 aromatic rings. The van der Waals surface area contributed by atoms with Gasteiger partial charge in [0.2, 0.25) is 5.91 Å². The first kappa shape index (κ1) is 20.5. The minimum Gasteiger partial charge on any atom is -0.493 e. The second kappa shape index (κ2) is 8.86. The number of ether oxygens (including phenoxy) is 2. The van der Waals surface area contributed by atoms with Crippen LogP contribution in [0.15, 0.2) is 47.3 Å². The van der Waals surface area contributed by atoms with E-state index in [-0.39, 0.29) is 18.1 Å². The molecule has 0 aliphatic carbocycles. The molecule has 0 saturated heterocycles. The van der Waals surface area contributed by atoms with Gasteiger partial charge in [-0.2, -0.15) is 0 Å². The molecule has 0 aliphatic rings. The minimum atomic E-state index is -0.163. The Morgan fingerprint density at radius 2 is 1.62 bits per heavy atom. The van der Waals surface area contributed by atoms with Crippen LogP contribution in [0, 0.1) is 0 Å². The number of aromatic nitrogens is 2. The van der Waals surface area contributed by atoms with Gasteiger partial charge in [-0.25, -0.2) is 4.79 Å². The van der Waals surface area contributed by atoms with Crippen LogP contribution < -0.4 is 15.2 Å².